The summed E-state index contributed by atoms with van der Waals surface area (Å²) in [5.41, 5.74) is 0.637. The highest BCUT2D eigenvalue weighted by Gasteiger charge is 2.10. The van der Waals surface area contributed by atoms with Gasteiger partial charge in [0.15, 0.2) is 0 Å². The number of hydrogen-bond donors (Lipinski definition) is 2. The summed E-state index contributed by atoms with van der Waals surface area (Å²) in [5, 5.41) is 18.5. The van der Waals surface area contributed by atoms with Crippen LogP contribution in [0.3, 0.4) is 0 Å². The summed E-state index contributed by atoms with van der Waals surface area (Å²) in [6, 6.07) is 1.49. The van der Waals surface area contributed by atoms with Crippen LogP contribution >= 0.6 is 31.9 Å². The third-order valence-electron chi connectivity index (χ3n) is 1.35. The normalized spacial score (nSPS) is 10.1. The molecule has 2 N–H and O–H groups in total. The SMILES string of the molecule is Cc1cc(O)c(Br)c(Br)c1O. The van der Waals surface area contributed by atoms with E-state index in [9.17, 15) is 10.2 Å². The molecular formula is C7H6Br2O2. The minimum Gasteiger partial charge on any atom is -0.507 e. The van der Waals surface area contributed by atoms with E-state index in [2.05, 4.69) is 31.9 Å². The van der Waals surface area contributed by atoms with Gasteiger partial charge in [0, 0.05) is 0 Å². The predicted octanol–water partition coefficient (Wildman–Crippen LogP) is 2.93. The van der Waals surface area contributed by atoms with E-state index in [0.717, 1.165) is 0 Å². The number of aryl methyl sites for hydroxylation is 1. The van der Waals surface area contributed by atoms with Crippen molar-refractivity contribution in [2.75, 3.05) is 0 Å². The van der Waals surface area contributed by atoms with Crippen molar-refractivity contribution >= 4 is 31.9 Å². The molecule has 0 amide bonds. The molecule has 0 aromatic heterocycles. The van der Waals surface area contributed by atoms with Crippen molar-refractivity contribution in [2.24, 2.45) is 0 Å². The lowest BCUT2D eigenvalue weighted by molar-refractivity contribution is 0.451. The van der Waals surface area contributed by atoms with E-state index in [1.807, 2.05) is 0 Å². The average molecular weight is 282 g/mol. The van der Waals surface area contributed by atoms with Crippen LogP contribution in [0.2, 0.25) is 0 Å². The Morgan fingerprint density at radius 1 is 1.18 bits per heavy atom. The zero-order valence-corrected chi connectivity index (χ0v) is 8.90. The molecule has 0 spiro atoms. The van der Waals surface area contributed by atoms with Gasteiger partial charge in [0.25, 0.3) is 0 Å². The molecule has 0 aliphatic carbocycles. The highest BCUT2D eigenvalue weighted by Crippen LogP contribution is 2.40. The fourth-order valence-electron chi connectivity index (χ4n) is 0.726. The Labute approximate surface area is 81.1 Å². The molecule has 60 valence electrons. The Hall–Kier alpha value is -0.220. The van der Waals surface area contributed by atoms with E-state index in [1.165, 1.54) is 6.07 Å². The number of halogens is 2. The highest BCUT2D eigenvalue weighted by molar-refractivity contribution is 9.13. The van der Waals surface area contributed by atoms with Crippen molar-refractivity contribution in [1.82, 2.24) is 0 Å². The van der Waals surface area contributed by atoms with E-state index < -0.39 is 0 Å². The van der Waals surface area contributed by atoms with Gasteiger partial charge in [0.05, 0.1) is 8.95 Å². The number of aromatic hydroxyl groups is 2. The van der Waals surface area contributed by atoms with Crippen molar-refractivity contribution < 1.29 is 10.2 Å². The van der Waals surface area contributed by atoms with Gasteiger partial charge in [-0.3, -0.25) is 0 Å². The fraction of sp³-hybridized carbons (Fsp3) is 0.143. The minimum atomic E-state index is 0.118. The van der Waals surface area contributed by atoms with Crippen molar-refractivity contribution in [1.29, 1.82) is 0 Å². The predicted molar refractivity (Wildman–Crippen MR) is 49.9 cm³/mol. The average Bonchev–Trinajstić information content (AvgIpc) is 1.97. The quantitative estimate of drug-likeness (QED) is 0.718. The number of hydrogen-bond acceptors (Lipinski definition) is 2. The van der Waals surface area contributed by atoms with Crippen LogP contribution < -0.4 is 0 Å². The first-order valence-electron chi connectivity index (χ1n) is 2.90. The molecule has 11 heavy (non-hydrogen) atoms. The second kappa shape index (κ2) is 3.03. The third kappa shape index (κ3) is 1.51. The monoisotopic (exact) mass is 280 g/mol. The summed E-state index contributed by atoms with van der Waals surface area (Å²) >= 11 is 6.23. The Morgan fingerprint density at radius 3 is 2.27 bits per heavy atom. The van der Waals surface area contributed by atoms with Gasteiger partial charge in [0.1, 0.15) is 11.5 Å². The summed E-state index contributed by atoms with van der Waals surface area (Å²) in [6.07, 6.45) is 0. The van der Waals surface area contributed by atoms with Crippen molar-refractivity contribution in [3.8, 4) is 11.5 Å². The Morgan fingerprint density at radius 2 is 1.73 bits per heavy atom. The summed E-state index contributed by atoms with van der Waals surface area (Å²) in [5.74, 6) is 0.266. The molecule has 0 radical (unpaired) electrons. The number of phenols is 2. The smallest absolute Gasteiger partial charge is 0.134 e. The van der Waals surface area contributed by atoms with E-state index in [4.69, 9.17) is 0 Å². The van der Waals surface area contributed by atoms with Crippen LogP contribution in [0.1, 0.15) is 5.56 Å². The van der Waals surface area contributed by atoms with E-state index in [-0.39, 0.29) is 11.5 Å². The van der Waals surface area contributed by atoms with Crippen LogP contribution in [0.15, 0.2) is 15.0 Å². The van der Waals surface area contributed by atoms with E-state index >= 15 is 0 Å². The molecule has 0 atom stereocenters. The topological polar surface area (TPSA) is 40.5 Å². The van der Waals surface area contributed by atoms with Gasteiger partial charge in [-0.05, 0) is 50.4 Å². The molecule has 0 bridgehead atoms. The molecule has 0 fully saturated rings. The number of rotatable bonds is 0. The molecule has 0 unspecified atom stereocenters. The second-order valence-electron chi connectivity index (χ2n) is 2.19. The molecule has 0 aliphatic rings. The Bertz CT molecular complexity index is 271. The summed E-state index contributed by atoms with van der Waals surface area (Å²) < 4.78 is 0.954. The van der Waals surface area contributed by atoms with Crippen molar-refractivity contribution in [2.45, 2.75) is 6.92 Å². The first-order valence-corrected chi connectivity index (χ1v) is 4.49. The van der Waals surface area contributed by atoms with E-state index in [0.29, 0.717) is 14.5 Å². The Kier molecular flexibility index (Phi) is 2.44. The lowest BCUT2D eigenvalue weighted by Gasteiger charge is -2.05. The first-order chi connectivity index (χ1) is 5.04. The van der Waals surface area contributed by atoms with Gasteiger partial charge in [-0.2, -0.15) is 0 Å². The molecular weight excluding hydrogens is 276 g/mol. The largest absolute Gasteiger partial charge is 0.507 e. The summed E-state index contributed by atoms with van der Waals surface area (Å²) in [6.45, 7) is 1.71. The molecule has 1 rings (SSSR count). The molecule has 0 heterocycles. The molecule has 1 aromatic carbocycles. The molecule has 2 nitrogen and oxygen atoms in total. The summed E-state index contributed by atoms with van der Waals surface area (Å²) in [7, 11) is 0. The highest BCUT2D eigenvalue weighted by atomic mass is 79.9. The maximum Gasteiger partial charge on any atom is 0.134 e. The van der Waals surface area contributed by atoms with Gasteiger partial charge in [-0.1, -0.05) is 0 Å². The minimum absolute atomic E-state index is 0.118. The molecule has 0 saturated carbocycles. The molecule has 4 heteroatoms. The fourth-order valence-corrected chi connectivity index (χ4v) is 1.54. The van der Waals surface area contributed by atoms with Crippen LogP contribution in [0.4, 0.5) is 0 Å². The van der Waals surface area contributed by atoms with Gasteiger partial charge in [0.2, 0.25) is 0 Å². The first kappa shape index (κ1) is 8.87. The van der Waals surface area contributed by atoms with E-state index in [1.54, 1.807) is 6.92 Å². The zero-order valence-electron chi connectivity index (χ0n) is 5.73. The van der Waals surface area contributed by atoms with Gasteiger partial charge in [-0.15, -0.1) is 0 Å². The molecule has 0 aliphatic heterocycles. The number of benzene rings is 1. The third-order valence-corrected chi connectivity index (χ3v) is 3.46. The van der Waals surface area contributed by atoms with Crippen molar-refractivity contribution in [3.63, 3.8) is 0 Å². The number of phenolic OH excluding ortho intramolecular Hbond substituents is 2. The van der Waals surface area contributed by atoms with Gasteiger partial charge >= 0.3 is 0 Å². The van der Waals surface area contributed by atoms with Crippen LogP contribution in [0, 0.1) is 6.92 Å². The van der Waals surface area contributed by atoms with Crippen LogP contribution in [-0.2, 0) is 0 Å². The maximum absolute atomic E-state index is 9.32. The summed E-state index contributed by atoms with van der Waals surface area (Å²) in [4.78, 5) is 0. The van der Waals surface area contributed by atoms with Gasteiger partial charge in [-0.25, -0.2) is 0 Å². The van der Waals surface area contributed by atoms with Crippen LogP contribution in [-0.4, -0.2) is 10.2 Å². The molecule has 0 saturated heterocycles. The van der Waals surface area contributed by atoms with Crippen LogP contribution in [0.5, 0.6) is 11.5 Å². The lowest BCUT2D eigenvalue weighted by atomic mass is 10.2. The maximum atomic E-state index is 9.32. The Balaban J connectivity index is 3.46. The lowest BCUT2D eigenvalue weighted by Crippen LogP contribution is -1.79. The van der Waals surface area contributed by atoms with Gasteiger partial charge < -0.3 is 10.2 Å². The zero-order chi connectivity index (χ0) is 8.59. The van der Waals surface area contributed by atoms with Crippen LogP contribution in [0.25, 0.3) is 0 Å². The van der Waals surface area contributed by atoms with Crippen molar-refractivity contribution in [3.05, 3.63) is 20.6 Å². The standard InChI is InChI=1S/C7H6Br2O2/c1-3-2-4(10)5(8)6(9)7(3)11/h2,10-11H,1H3. The second-order valence-corrected chi connectivity index (χ2v) is 3.78. The molecule has 1 aromatic rings.